The molecule has 0 spiro atoms. The first-order valence-electron chi connectivity index (χ1n) is 5.60. The summed E-state index contributed by atoms with van der Waals surface area (Å²) in [5.74, 6) is -0.148. The molecule has 0 aliphatic rings. The summed E-state index contributed by atoms with van der Waals surface area (Å²) in [6, 6.07) is 5.93. The summed E-state index contributed by atoms with van der Waals surface area (Å²) < 4.78 is 0. The van der Waals surface area contributed by atoms with Gasteiger partial charge < -0.3 is 5.32 Å². The SMILES string of the molecule is CCc1cc(NC(=O)c2cn[nH]c2)ccc1C. The highest BCUT2D eigenvalue weighted by Crippen LogP contribution is 2.16. The molecular formula is C13H15N3O. The second-order valence-corrected chi connectivity index (χ2v) is 3.94. The van der Waals surface area contributed by atoms with Crippen molar-refractivity contribution in [2.45, 2.75) is 20.3 Å². The van der Waals surface area contributed by atoms with Crippen molar-refractivity contribution in [1.29, 1.82) is 0 Å². The lowest BCUT2D eigenvalue weighted by Crippen LogP contribution is -2.11. The molecule has 2 aromatic rings. The molecule has 0 fully saturated rings. The van der Waals surface area contributed by atoms with Gasteiger partial charge in [-0.2, -0.15) is 5.10 Å². The van der Waals surface area contributed by atoms with E-state index in [1.807, 2.05) is 18.2 Å². The van der Waals surface area contributed by atoms with Gasteiger partial charge in [0.25, 0.3) is 5.91 Å². The predicted molar refractivity (Wildman–Crippen MR) is 67.1 cm³/mol. The zero-order valence-electron chi connectivity index (χ0n) is 9.95. The summed E-state index contributed by atoms with van der Waals surface area (Å²) in [6.07, 6.45) is 4.04. The zero-order chi connectivity index (χ0) is 12.3. The van der Waals surface area contributed by atoms with E-state index in [4.69, 9.17) is 0 Å². The van der Waals surface area contributed by atoms with Gasteiger partial charge in [-0.05, 0) is 36.6 Å². The maximum atomic E-state index is 11.8. The van der Waals surface area contributed by atoms with E-state index in [0.717, 1.165) is 12.1 Å². The van der Waals surface area contributed by atoms with E-state index < -0.39 is 0 Å². The number of hydrogen-bond donors (Lipinski definition) is 2. The number of nitrogens with one attached hydrogen (secondary N) is 2. The topological polar surface area (TPSA) is 57.8 Å². The second-order valence-electron chi connectivity index (χ2n) is 3.94. The molecule has 0 saturated heterocycles. The van der Waals surface area contributed by atoms with Gasteiger partial charge in [0, 0.05) is 11.9 Å². The zero-order valence-corrected chi connectivity index (χ0v) is 9.95. The average Bonchev–Trinajstić information content (AvgIpc) is 2.85. The summed E-state index contributed by atoms with van der Waals surface area (Å²) in [4.78, 5) is 11.8. The Morgan fingerprint density at radius 1 is 1.47 bits per heavy atom. The van der Waals surface area contributed by atoms with Crippen molar-refractivity contribution in [1.82, 2.24) is 10.2 Å². The maximum Gasteiger partial charge on any atom is 0.258 e. The molecule has 0 radical (unpaired) electrons. The molecule has 88 valence electrons. The monoisotopic (exact) mass is 229 g/mol. The van der Waals surface area contributed by atoms with Gasteiger partial charge in [0.1, 0.15) is 0 Å². The number of rotatable bonds is 3. The number of amides is 1. The standard InChI is InChI=1S/C13H15N3O/c1-3-10-6-12(5-4-9(10)2)16-13(17)11-7-14-15-8-11/h4-8H,3H2,1-2H3,(H,14,15)(H,16,17). The molecule has 1 aromatic carbocycles. The molecule has 4 heteroatoms. The minimum Gasteiger partial charge on any atom is -0.322 e. The number of benzene rings is 1. The number of aromatic nitrogens is 2. The molecule has 1 amide bonds. The Kier molecular flexibility index (Phi) is 3.23. The van der Waals surface area contributed by atoms with Gasteiger partial charge in [-0.25, -0.2) is 0 Å². The van der Waals surface area contributed by atoms with Gasteiger partial charge in [0.05, 0.1) is 11.8 Å². The molecule has 1 aromatic heterocycles. The van der Waals surface area contributed by atoms with Crippen LogP contribution in [0.2, 0.25) is 0 Å². The second kappa shape index (κ2) is 4.82. The van der Waals surface area contributed by atoms with Crippen molar-refractivity contribution in [3.05, 3.63) is 47.3 Å². The molecule has 17 heavy (non-hydrogen) atoms. The van der Waals surface area contributed by atoms with E-state index in [1.54, 1.807) is 6.20 Å². The van der Waals surface area contributed by atoms with Crippen LogP contribution in [-0.4, -0.2) is 16.1 Å². The first kappa shape index (κ1) is 11.4. The maximum absolute atomic E-state index is 11.8. The summed E-state index contributed by atoms with van der Waals surface area (Å²) in [5, 5.41) is 9.21. The molecule has 0 atom stereocenters. The molecule has 0 unspecified atom stereocenters. The van der Waals surface area contributed by atoms with Crippen molar-refractivity contribution in [2.24, 2.45) is 0 Å². The lowest BCUT2D eigenvalue weighted by molar-refractivity contribution is 0.102. The largest absolute Gasteiger partial charge is 0.322 e. The summed E-state index contributed by atoms with van der Waals surface area (Å²) >= 11 is 0. The van der Waals surface area contributed by atoms with Gasteiger partial charge >= 0.3 is 0 Å². The number of carbonyl (C=O) groups is 1. The third kappa shape index (κ3) is 2.53. The summed E-state index contributed by atoms with van der Waals surface area (Å²) in [5.41, 5.74) is 3.84. The van der Waals surface area contributed by atoms with E-state index in [9.17, 15) is 4.79 Å². The number of nitrogens with zero attached hydrogens (tertiary/aromatic N) is 1. The van der Waals surface area contributed by atoms with Crippen LogP contribution in [0.1, 0.15) is 28.4 Å². The van der Waals surface area contributed by atoms with Gasteiger partial charge in [-0.1, -0.05) is 13.0 Å². The first-order chi connectivity index (χ1) is 8.20. The smallest absolute Gasteiger partial charge is 0.258 e. The Labute approximate surface area is 100 Å². The molecule has 0 aliphatic heterocycles. The number of H-pyrrole nitrogens is 1. The lowest BCUT2D eigenvalue weighted by atomic mass is 10.1. The Balaban J connectivity index is 2.16. The van der Waals surface area contributed by atoms with Crippen LogP contribution in [0.15, 0.2) is 30.6 Å². The van der Waals surface area contributed by atoms with Crippen LogP contribution in [0.3, 0.4) is 0 Å². The Morgan fingerprint density at radius 3 is 2.94 bits per heavy atom. The first-order valence-corrected chi connectivity index (χ1v) is 5.60. The number of anilines is 1. The van der Waals surface area contributed by atoms with Crippen molar-refractivity contribution in [3.63, 3.8) is 0 Å². The van der Waals surface area contributed by atoms with Gasteiger partial charge in [0.15, 0.2) is 0 Å². The lowest BCUT2D eigenvalue weighted by Gasteiger charge is -2.08. The number of aryl methyl sites for hydroxylation is 2. The normalized spacial score (nSPS) is 10.2. The van der Waals surface area contributed by atoms with Crippen molar-refractivity contribution < 1.29 is 4.79 Å². The molecule has 0 saturated carbocycles. The molecule has 0 bridgehead atoms. The molecule has 2 rings (SSSR count). The average molecular weight is 229 g/mol. The third-order valence-electron chi connectivity index (χ3n) is 2.75. The summed E-state index contributed by atoms with van der Waals surface area (Å²) in [7, 11) is 0. The molecule has 4 nitrogen and oxygen atoms in total. The Morgan fingerprint density at radius 2 is 2.29 bits per heavy atom. The quantitative estimate of drug-likeness (QED) is 0.849. The van der Waals surface area contributed by atoms with Crippen molar-refractivity contribution in [3.8, 4) is 0 Å². The van der Waals surface area contributed by atoms with E-state index in [-0.39, 0.29) is 5.91 Å². The van der Waals surface area contributed by atoms with E-state index in [2.05, 4.69) is 29.4 Å². The van der Waals surface area contributed by atoms with Crippen molar-refractivity contribution >= 4 is 11.6 Å². The summed E-state index contributed by atoms with van der Waals surface area (Å²) in [6.45, 7) is 4.17. The van der Waals surface area contributed by atoms with Crippen LogP contribution in [0.5, 0.6) is 0 Å². The van der Waals surface area contributed by atoms with Crippen LogP contribution >= 0.6 is 0 Å². The van der Waals surface area contributed by atoms with Gasteiger partial charge in [-0.15, -0.1) is 0 Å². The fraction of sp³-hybridized carbons (Fsp3) is 0.231. The van der Waals surface area contributed by atoms with Crippen LogP contribution in [-0.2, 0) is 6.42 Å². The van der Waals surface area contributed by atoms with Crippen LogP contribution in [0, 0.1) is 6.92 Å². The number of aromatic amines is 1. The Bertz CT molecular complexity index is 517. The molecular weight excluding hydrogens is 214 g/mol. The molecule has 2 N–H and O–H groups in total. The third-order valence-corrected chi connectivity index (χ3v) is 2.75. The highest BCUT2D eigenvalue weighted by Gasteiger charge is 2.07. The van der Waals surface area contributed by atoms with E-state index >= 15 is 0 Å². The fourth-order valence-electron chi connectivity index (χ4n) is 1.71. The Hall–Kier alpha value is -2.10. The molecule has 1 heterocycles. The van der Waals surface area contributed by atoms with E-state index in [0.29, 0.717) is 5.56 Å². The number of hydrogen-bond acceptors (Lipinski definition) is 2. The van der Waals surface area contributed by atoms with Crippen molar-refractivity contribution in [2.75, 3.05) is 5.32 Å². The number of carbonyl (C=O) groups excluding carboxylic acids is 1. The van der Waals surface area contributed by atoms with Gasteiger partial charge in [0.2, 0.25) is 0 Å². The van der Waals surface area contributed by atoms with Gasteiger partial charge in [-0.3, -0.25) is 9.89 Å². The van der Waals surface area contributed by atoms with Crippen LogP contribution in [0.25, 0.3) is 0 Å². The molecule has 0 aliphatic carbocycles. The predicted octanol–water partition coefficient (Wildman–Crippen LogP) is 2.53. The van der Waals surface area contributed by atoms with Crippen LogP contribution in [0.4, 0.5) is 5.69 Å². The highest BCUT2D eigenvalue weighted by molar-refractivity contribution is 6.03. The minimum absolute atomic E-state index is 0.148. The van der Waals surface area contributed by atoms with E-state index in [1.165, 1.54) is 17.3 Å². The fourth-order valence-corrected chi connectivity index (χ4v) is 1.71. The highest BCUT2D eigenvalue weighted by atomic mass is 16.1. The van der Waals surface area contributed by atoms with Crippen LogP contribution < -0.4 is 5.32 Å². The minimum atomic E-state index is -0.148.